The molecular formula is C11H21N5O. The normalized spacial score (nSPS) is 11.5. The molecule has 1 rings (SSSR count). The topological polar surface area (TPSA) is 85.0 Å². The first-order valence-electron chi connectivity index (χ1n) is 5.66. The van der Waals surface area contributed by atoms with Gasteiger partial charge < -0.3 is 16.4 Å². The number of rotatable bonds is 6. The largest absolute Gasteiger partial charge is 0.381 e. The molecule has 0 aliphatic rings. The lowest BCUT2D eigenvalue weighted by atomic mass is 10.1. The minimum atomic E-state index is -0.394. The van der Waals surface area contributed by atoms with Gasteiger partial charge in [-0.25, -0.2) is 0 Å². The highest BCUT2D eigenvalue weighted by atomic mass is 16.1. The summed E-state index contributed by atoms with van der Waals surface area (Å²) < 4.78 is 1.52. The maximum Gasteiger partial charge on any atom is 0.239 e. The van der Waals surface area contributed by atoms with Gasteiger partial charge in [-0.15, -0.1) is 0 Å². The van der Waals surface area contributed by atoms with Crippen LogP contribution >= 0.6 is 0 Å². The second kappa shape index (κ2) is 5.67. The van der Waals surface area contributed by atoms with Gasteiger partial charge in [0.25, 0.3) is 0 Å². The van der Waals surface area contributed by atoms with E-state index in [1.165, 1.54) is 4.68 Å². The average Bonchev–Trinajstić information content (AvgIpc) is 2.58. The summed E-state index contributed by atoms with van der Waals surface area (Å²) in [5.74, 6) is -0.394. The quantitative estimate of drug-likeness (QED) is 0.618. The lowest BCUT2D eigenvalue weighted by molar-refractivity contribution is -0.118. The van der Waals surface area contributed by atoms with E-state index in [0.29, 0.717) is 0 Å². The molecule has 1 aromatic heterocycles. The van der Waals surface area contributed by atoms with Gasteiger partial charge in [-0.1, -0.05) is 0 Å². The Morgan fingerprint density at radius 1 is 1.47 bits per heavy atom. The van der Waals surface area contributed by atoms with Gasteiger partial charge in [-0.3, -0.25) is 9.48 Å². The van der Waals surface area contributed by atoms with Crippen molar-refractivity contribution < 1.29 is 4.79 Å². The number of aromatic nitrogens is 2. The Hall–Kier alpha value is -1.56. The maximum absolute atomic E-state index is 10.7. The molecule has 17 heavy (non-hydrogen) atoms. The van der Waals surface area contributed by atoms with E-state index >= 15 is 0 Å². The van der Waals surface area contributed by atoms with Crippen molar-refractivity contribution in [2.24, 2.45) is 5.73 Å². The van der Waals surface area contributed by atoms with Crippen molar-refractivity contribution in [3.8, 4) is 0 Å². The molecule has 96 valence electrons. The highest BCUT2D eigenvalue weighted by molar-refractivity contribution is 5.73. The first-order valence-corrected chi connectivity index (χ1v) is 5.66. The van der Waals surface area contributed by atoms with Crippen LogP contribution in [0.5, 0.6) is 0 Å². The number of carbonyl (C=O) groups excluding carboxylic acids is 1. The Morgan fingerprint density at radius 2 is 2.18 bits per heavy atom. The molecule has 0 saturated carbocycles. The van der Waals surface area contributed by atoms with Crippen LogP contribution in [0.2, 0.25) is 0 Å². The first kappa shape index (κ1) is 13.5. The molecule has 0 spiro atoms. The molecule has 1 heterocycles. The van der Waals surface area contributed by atoms with Crippen LogP contribution in [0.4, 0.5) is 5.69 Å². The van der Waals surface area contributed by atoms with E-state index in [2.05, 4.69) is 36.5 Å². The Balaban J connectivity index is 2.28. The summed E-state index contributed by atoms with van der Waals surface area (Å²) in [6, 6.07) is 0. The highest BCUT2D eigenvalue weighted by Gasteiger charge is 2.07. The summed E-state index contributed by atoms with van der Waals surface area (Å²) in [6.45, 7) is 8.15. The zero-order valence-corrected chi connectivity index (χ0v) is 10.7. The lowest BCUT2D eigenvalue weighted by Crippen LogP contribution is -2.38. The Kier molecular flexibility index (Phi) is 4.51. The fourth-order valence-corrected chi connectivity index (χ4v) is 1.35. The molecule has 4 N–H and O–H groups in total. The van der Waals surface area contributed by atoms with E-state index in [4.69, 9.17) is 5.73 Å². The van der Waals surface area contributed by atoms with Gasteiger partial charge in [0.2, 0.25) is 5.91 Å². The zero-order valence-electron chi connectivity index (χ0n) is 10.7. The summed E-state index contributed by atoms with van der Waals surface area (Å²) in [5.41, 5.74) is 6.09. The number of primary amides is 1. The van der Waals surface area contributed by atoms with Gasteiger partial charge in [0.1, 0.15) is 6.54 Å². The van der Waals surface area contributed by atoms with Gasteiger partial charge in [0, 0.05) is 24.8 Å². The lowest BCUT2D eigenvalue weighted by Gasteiger charge is -2.20. The summed E-state index contributed by atoms with van der Waals surface area (Å²) in [5, 5.41) is 10.6. The number of hydrogen-bond donors (Lipinski definition) is 3. The fourth-order valence-electron chi connectivity index (χ4n) is 1.35. The SMILES string of the molecule is CC(C)(C)NCCNc1cnn(CC(N)=O)c1. The van der Waals surface area contributed by atoms with Crippen LogP contribution in [-0.4, -0.2) is 34.3 Å². The summed E-state index contributed by atoms with van der Waals surface area (Å²) in [4.78, 5) is 10.7. The molecule has 0 bridgehead atoms. The third kappa shape index (κ3) is 5.91. The van der Waals surface area contributed by atoms with Crippen LogP contribution in [0.3, 0.4) is 0 Å². The third-order valence-electron chi connectivity index (χ3n) is 2.06. The average molecular weight is 239 g/mol. The van der Waals surface area contributed by atoms with E-state index in [0.717, 1.165) is 18.8 Å². The van der Waals surface area contributed by atoms with Crippen molar-refractivity contribution in [3.63, 3.8) is 0 Å². The molecule has 0 aromatic carbocycles. The minimum Gasteiger partial charge on any atom is -0.381 e. The van der Waals surface area contributed by atoms with Crippen molar-refractivity contribution >= 4 is 11.6 Å². The number of hydrogen-bond acceptors (Lipinski definition) is 4. The molecule has 1 aromatic rings. The van der Waals surface area contributed by atoms with Crippen LogP contribution in [0.15, 0.2) is 12.4 Å². The molecule has 6 nitrogen and oxygen atoms in total. The standard InChI is InChI=1S/C11H21N5O/c1-11(2,3)14-5-4-13-9-6-15-16(7-9)8-10(12)17/h6-7,13-14H,4-5,8H2,1-3H3,(H2,12,17). The molecule has 0 radical (unpaired) electrons. The number of anilines is 1. The van der Waals surface area contributed by atoms with E-state index in [1.54, 1.807) is 12.4 Å². The van der Waals surface area contributed by atoms with Crippen molar-refractivity contribution in [1.29, 1.82) is 0 Å². The van der Waals surface area contributed by atoms with Gasteiger partial charge >= 0.3 is 0 Å². The number of nitrogens with two attached hydrogens (primary N) is 1. The molecule has 0 fully saturated rings. The molecule has 0 unspecified atom stereocenters. The summed E-state index contributed by atoms with van der Waals surface area (Å²) in [6.07, 6.45) is 3.45. The van der Waals surface area contributed by atoms with E-state index in [1.807, 2.05) is 0 Å². The highest BCUT2D eigenvalue weighted by Crippen LogP contribution is 2.04. The minimum absolute atomic E-state index is 0.113. The van der Waals surface area contributed by atoms with Crippen molar-refractivity contribution in [3.05, 3.63) is 12.4 Å². The molecular weight excluding hydrogens is 218 g/mol. The fraction of sp³-hybridized carbons (Fsp3) is 0.636. The second-order valence-corrected chi connectivity index (χ2v) is 5.00. The van der Waals surface area contributed by atoms with Crippen LogP contribution in [0.25, 0.3) is 0 Å². The van der Waals surface area contributed by atoms with Gasteiger partial charge in [-0.2, -0.15) is 5.10 Å². The van der Waals surface area contributed by atoms with Gasteiger partial charge in [-0.05, 0) is 20.8 Å². The first-order chi connectivity index (χ1) is 7.87. The predicted molar refractivity (Wildman–Crippen MR) is 67.7 cm³/mol. The van der Waals surface area contributed by atoms with Crippen LogP contribution in [0, 0.1) is 0 Å². The molecule has 0 saturated heterocycles. The number of carbonyl (C=O) groups is 1. The Morgan fingerprint density at radius 3 is 2.76 bits per heavy atom. The van der Waals surface area contributed by atoms with Gasteiger partial charge in [0.15, 0.2) is 0 Å². The monoisotopic (exact) mass is 239 g/mol. The van der Waals surface area contributed by atoms with Crippen LogP contribution in [-0.2, 0) is 11.3 Å². The smallest absolute Gasteiger partial charge is 0.239 e. The van der Waals surface area contributed by atoms with Gasteiger partial charge in [0.05, 0.1) is 11.9 Å². The molecule has 6 heteroatoms. The molecule has 0 aliphatic carbocycles. The van der Waals surface area contributed by atoms with E-state index in [9.17, 15) is 4.79 Å². The molecule has 1 amide bonds. The second-order valence-electron chi connectivity index (χ2n) is 5.00. The molecule has 0 aliphatic heterocycles. The number of nitrogens with one attached hydrogen (secondary N) is 2. The summed E-state index contributed by atoms with van der Waals surface area (Å²) >= 11 is 0. The third-order valence-corrected chi connectivity index (χ3v) is 2.06. The van der Waals surface area contributed by atoms with E-state index in [-0.39, 0.29) is 12.1 Å². The zero-order chi connectivity index (χ0) is 12.9. The maximum atomic E-state index is 10.7. The Labute approximate surface area is 102 Å². The van der Waals surface area contributed by atoms with Crippen molar-refractivity contribution in [1.82, 2.24) is 15.1 Å². The summed E-state index contributed by atoms with van der Waals surface area (Å²) in [7, 11) is 0. The van der Waals surface area contributed by atoms with E-state index < -0.39 is 5.91 Å². The van der Waals surface area contributed by atoms with Crippen LogP contribution < -0.4 is 16.4 Å². The number of amides is 1. The Bertz CT molecular complexity index is 366. The van der Waals surface area contributed by atoms with Crippen molar-refractivity contribution in [2.75, 3.05) is 18.4 Å². The number of nitrogens with zero attached hydrogens (tertiary/aromatic N) is 2. The predicted octanol–water partition coefficient (Wildman–Crippen LogP) is 0.168. The van der Waals surface area contributed by atoms with Crippen LogP contribution in [0.1, 0.15) is 20.8 Å². The van der Waals surface area contributed by atoms with Crippen molar-refractivity contribution in [2.45, 2.75) is 32.9 Å². The molecule has 0 atom stereocenters.